The molecule has 2 atom stereocenters. The van der Waals surface area contributed by atoms with Gasteiger partial charge in [0.1, 0.15) is 0 Å². The molecular formula is C15H32O. The van der Waals surface area contributed by atoms with Crippen LogP contribution in [0.5, 0.6) is 0 Å². The van der Waals surface area contributed by atoms with Crippen LogP contribution in [0.1, 0.15) is 73.6 Å². The normalized spacial score (nSPS) is 16.5. The number of aliphatic hydroxyl groups is 1. The van der Waals surface area contributed by atoms with Gasteiger partial charge in [-0.3, -0.25) is 0 Å². The molecule has 0 aliphatic heterocycles. The van der Waals surface area contributed by atoms with Crippen molar-refractivity contribution in [1.82, 2.24) is 0 Å². The van der Waals surface area contributed by atoms with E-state index in [2.05, 4.69) is 41.5 Å². The zero-order valence-corrected chi connectivity index (χ0v) is 12.2. The first kappa shape index (κ1) is 16.0. The van der Waals surface area contributed by atoms with Crippen molar-refractivity contribution in [2.24, 2.45) is 17.3 Å². The zero-order valence-electron chi connectivity index (χ0n) is 12.2. The van der Waals surface area contributed by atoms with Crippen LogP contribution in [0.4, 0.5) is 0 Å². The maximum atomic E-state index is 10.0. The molecule has 0 aromatic rings. The van der Waals surface area contributed by atoms with Crippen LogP contribution in [-0.2, 0) is 0 Å². The van der Waals surface area contributed by atoms with Crippen molar-refractivity contribution in [3.05, 3.63) is 0 Å². The highest BCUT2D eigenvalue weighted by molar-refractivity contribution is 4.75. The zero-order chi connectivity index (χ0) is 12.8. The van der Waals surface area contributed by atoms with E-state index in [1.807, 2.05) is 0 Å². The molecule has 1 nitrogen and oxygen atoms in total. The summed E-state index contributed by atoms with van der Waals surface area (Å²) in [5.41, 5.74) is 0.327. The lowest BCUT2D eigenvalue weighted by molar-refractivity contribution is 0.0906. The molecule has 0 saturated carbocycles. The van der Waals surface area contributed by atoms with E-state index in [0.717, 1.165) is 18.8 Å². The third-order valence-corrected chi connectivity index (χ3v) is 3.59. The maximum Gasteiger partial charge on any atom is 0.0543 e. The molecule has 0 heterocycles. The van der Waals surface area contributed by atoms with Crippen molar-refractivity contribution >= 4 is 0 Å². The number of aliphatic hydroxyl groups excluding tert-OH is 1. The van der Waals surface area contributed by atoms with Gasteiger partial charge >= 0.3 is 0 Å². The molecule has 0 saturated heterocycles. The Morgan fingerprint density at radius 1 is 1.06 bits per heavy atom. The van der Waals surface area contributed by atoms with Gasteiger partial charge in [-0.05, 0) is 30.1 Å². The monoisotopic (exact) mass is 228 g/mol. The Kier molecular flexibility index (Phi) is 7.30. The molecule has 0 aliphatic rings. The largest absolute Gasteiger partial charge is 0.393 e. The SMILES string of the molecule is CCC(CC(O)CCCC(C)C)C(C)(C)C. The molecule has 0 fully saturated rings. The highest BCUT2D eigenvalue weighted by Gasteiger charge is 2.25. The first-order valence-corrected chi connectivity index (χ1v) is 6.95. The van der Waals surface area contributed by atoms with E-state index in [1.54, 1.807) is 0 Å². The van der Waals surface area contributed by atoms with Gasteiger partial charge in [0.2, 0.25) is 0 Å². The van der Waals surface area contributed by atoms with Gasteiger partial charge in [-0.1, -0.05) is 60.8 Å². The van der Waals surface area contributed by atoms with Crippen molar-refractivity contribution in [3.8, 4) is 0 Å². The Labute approximate surface area is 103 Å². The van der Waals surface area contributed by atoms with E-state index in [9.17, 15) is 5.11 Å². The molecule has 0 bridgehead atoms. The van der Waals surface area contributed by atoms with Gasteiger partial charge < -0.3 is 5.11 Å². The van der Waals surface area contributed by atoms with Crippen LogP contribution >= 0.6 is 0 Å². The number of rotatable bonds is 7. The smallest absolute Gasteiger partial charge is 0.0543 e. The van der Waals surface area contributed by atoms with Crippen LogP contribution in [-0.4, -0.2) is 11.2 Å². The number of hydrogen-bond donors (Lipinski definition) is 1. The summed E-state index contributed by atoms with van der Waals surface area (Å²) in [7, 11) is 0. The highest BCUT2D eigenvalue weighted by Crippen LogP contribution is 2.33. The minimum absolute atomic E-state index is 0.0945. The first-order chi connectivity index (χ1) is 7.27. The summed E-state index contributed by atoms with van der Waals surface area (Å²) in [4.78, 5) is 0. The van der Waals surface area contributed by atoms with Crippen molar-refractivity contribution in [2.45, 2.75) is 79.8 Å². The lowest BCUT2D eigenvalue weighted by Gasteiger charge is -2.31. The van der Waals surface area contributed by atoms with E-state index in [0.29, 0.717) is 11.3 Å². The van der Waals surface area contributed by atoms with E-state index in [4.69, 9.17) is 0 Å². The summed E-state index contributed by atoms with van der Waals surface area (Å²) in [6.45, 7) is 13.6. The van der Waals surface area contributed by atoms with Crippen molar-refractivity contribution in [3.63, 3.8) is 0 Å². The van der Waals surface area contributed by atoms with Crippen molar-refractivity contribution in [1.29, 1.82) is 0 Å². The predicted octanol–water partition coefficient (Wildman–Crippen LogP) is 4.64. The molecule has 1 heteroatoms. The summed E-state index contributed by atoms with van der Waals surface area (Å²) < 4.78 is 0. The fourth-order valence-corrected chi connectivity index (χ4v) is 2.34. The predicted molar refractivity (Wildman–Crippen MR) is 72.5 cm³/mol. The standard InChI is InChI=1S/C15H32O/c1-7-13(15(4,5)6)11-14(16)10-8-9-12(2)3/h12-14,16H,7-11H2,1-6H3. The Morgan fingerprint density at radius 2 is 1.62 bits per heavy atom. The van der Waals surface area contributed by atoms with Gasteiger partial charge in [0.05, 0.1) is 6.10 Å². The fourth-order valence-electron chi connectivity index (χ4n) is 2.34. The van der Waals surface area contributed by atoms with E-state index in [1.165, 1.54) is 19.3 Å². The minimum atomic E-state index is -0.0945. The molecule has 0 aromatic heterocycles. The lowest BCUT2D eigenvalue weighted by atomic mass is 9.75. The minimum Gasteiger partial charge on any atom is -0.393 e. The number of hydrogen-bond acceptors (Lipinski definition) is 1. The second-order valence-electron chi connectivity index (χ2n) is 6.69. The molecule has 0 spiro atoms. The summed E-state index contributed by atoms with van der Waals surface area (Å²) in [6.07, 6.45) is 5.43. The van der Waals surface area contributed by atoms with Crippen LogP contribution in [0, 0.1) is 17.3 Å². The summed E-state index contributed by atoms with van der Waals surface area (Å²) in [6, 6.07) is 0. The Bertz CT molecular complexity index is 167. The van der Waals surface area contributed by atoms with E-state index in [-0.39, 0.29) is 6.10 Å². The molecular weight excluding hydrogens is 196 g/mol. The van der Waals surface area contributed by atoms with Gasteiger partial charge in [-0.2, -0.15) is 0 Å². The molecule has 98 valence electrons. The van der Waals surface area contributed by atoms with Crippen molar-refractivity contribution < 1.29 is 5.11 Å². The van der Waals surface area contributed by atoms with Crippen LogP contribution in [0.15, 0.2) is 0 Å². The highest BCUT2D eigenvalue weighted by atomic mass is 16.3. The van der Waals surface area contributed by atoms with Crippen LogP contribution in [0.3, 0.4) is 0 Å². The quantitative estimate of drug-likeness (QED) is 0.673. The van der Waals surface area contributed by atoms with E-state index < -0.39 is 0 Å². The maximum absolute atomic E-state index is 10.0. The molecule has 0 rings (SSSR count). The molecule has 0 aromatic carbocycles. The van der Waals surface area contributed by atoms with Gasteiger partial charge in [-0.25, -0.2) is 0 Å². The van der Waals surface area contributed by atoms with E-state index >= 15 is 0 Å². The van der Waals surface area contributed by atoms with Gasteiger partial charge in [-0.15, -0.1) is 0 Å². The molecule has 16 heavy (non-hydrogen) atoms. The Hall–Kier alpha value is -0.0400. The van der Waals surface area contributed by atoms with Gasteiger partial charge in [0.15, 0.2) is 0 Å². The Balaban J connectivity index is 3.88. The topological polar surface area (TPSA) is 20.2 Å². The van der Waals surface area contributed by atoms with Crippen molar-refractivity contribution in [2.75, 3.05) is 0 Å². The van der Waals surface area contributed by atoms with Crippen LogP contribution in [0.2, 0.25) is 0 Å². The average Bonchev–Trinajstić information content (AvgIpc) is 2.11. The third-order valence-electron chi connectivity index (χ3n) is 3.59. The third kappa shape index (κ3) is 7.27. The van der Waals surface area contributed by atoms with Crippen LogP contribution in [0.25, 0.3) is 0 Å². The second kappa shape index (κ2) is 7.32. The molecule has 2 unspecified atom stereocenters. The van der Waals surface area contributed by atoms with Crippen LogP contribution < -0.4 is 0 Å². The molecule has 0 amide bonds. The fraction of sp³-hybridized carbons (Fsp3) is 1.00. The molecule has 0 radical (unpaired) electrons. The molecule has 1 N–H and O–H groups in total. The first-order valence-electron chi connectivity index (χ1n) is 6.95. The molecule has 0 aliphatic carbocycles. The van der Waals surface area contributed by atoms with Gasteiger partial charge in [0, 0.05) is 0 Å². The summed E-state index contributed by atoms with van der Waals surface area (Å²) in [5, 5.41) is 10.0. The summed E-state index contributed by atoms with van der Waals surface area (Å²) >= 11 is 0. The second-order valence-corrected chi connectivity index (χ2v) is 6.69. The average molecular weight is 228 g/mol. The van der Waals surface area contributed by atoms with Gasteiger partial charge in [0.25, 0.3) is 0 Å². The lowest BCUT2D eigenvalue weighted by Crippen LogP contribution is -2.24. The Morgan fingerprint density at radius 3 is 2.00 bits per heavy atom. The summed E-state index contributed by atoms with van der Waals surface area (Å²) in [5.74, 6) is 1.40.